The Bertz CT molecular complexity index is 396. The molecule has 0 aromatic rings. The minimum Gasteiger partial charge on any atom is -0.478 e. The maximum atomic E-state index is 12.0. The van der Waals surface area contributed by atoms with Gasteiger partial charge < -0.3 is 10.4 Å². The van der Waals surface area contributed by atoms with E-state index in [2.05, 4.69) is 24.1 Å². The van der Waals surface area contributed by atoms with Crippen LogP contribution in [0.25, 0.3) is 0 Å². The molecule has 1 saturated heterocycles. The average Bonchev–Trinajstić information content (AvgIpc) is 2.90. The molecule has 0 spiro atoms. The van der Waals surface area contributed by atoms with E-state index >= 15 is 0 Å². The first-order valence-electron chi connectivity index (χ1n) is 7.27. The summed E-state index contributed by atoms with van der Waals surface area (Å²) in [6.45, 7) is 10.1. The second kappa shape index (κ2) is 7.43. The van der Waals surface area contributed by atoms with Gasteiger partial charge in [-0.25, -0.2) is 4.79 Å². The summed E-state index contributed by atoms with van der Waals surface area (Å²) in [5.41, 5.74) is 0.381. The Hall–Kier alpha value is -1.36. The van der Waals surface area contributed by atoms with Crippen molar-refractivity contribution in [3.8, 4) is 0 Å². The molecular weight excluding hydrogens is 256 g/mol. The van der Waals surface area contributed by atoms with Gasteiger partial charge >= 0.3 is 5.97 Å². The van der Waals surface area contributed by atoms with Crippen LogP contribution in [0.15, 0.2) is 11.1 Å². The maximum Gasteiger partial charge on any atom is 0.331 e. The number of likely N-dealkylation sites (tertiary alicyclic amines) is 1. The zero-order chi connectivity index (χ0) is 15.3. The van der Waals surface area contributed by atoms with E-state index in [-0.39, 0.29) is 17.1 Å². The van der Waals surface area contributed by atoms with Crippen LogP contribution in [0.2, 0.25) is 0 Å². The smallest absolute Gasteiger partial charge is 0.331 e. The lowest BCUT2D eigenvalue weighted by atomic mass is 10.0. The van der Waals surface area contributed by atoms with Crippen molar-refractivity contribution < 1.29 is 14.7 Å². The average molecular weight is 282 g/mol. The van der Waals surface area contributed by atoms with E-state index in [4.69, 9.17) is 5.11 Å². The van der Waals surface area contributed by atoms with Gasteiger partial charge in [-0.2, -0.15) is 0 Å². The van der Waals surface area contributed by atoms with E-state index in [1.807, 2.05) is 0 Å². The lowest BCUT2D eigenvalue weighted by Crippen LogP contribution is -2.45. The van der Waals surface area contributed by atoms with Crippen molar-refractivity contribution in [2.24, 2.45) is 5.92 Å². The first-order chi connectivity index (χ1) is 9.34. The highest BCUT2D eigenvalue weighted by atomic mass is 16.4. The highest BCUT2D eigenvalue weighted by Gasteiger charge is 2.25. The topological polar surface area (TPSA) is 69.6 Å². The van der Waals surface area contributed by atoms with Gasteiger partial charge in [0.05, 0.1) is 0 Å². The van der Waals surface area contributed by atoms with Crippen LogP contribution in [-0.2, 0) is 9.59 Å². The Morgan fingerprint density at radius 2 is 1.70 bits per heavy atom. The van der Waals surface area contributed by atoms with Crippen molar-refractivity contribution in [2.45, 2.75) is 46.6 Å². The molecular formula is C15H26N2O3. The number of carboxylic acids is 1. The number of aliphatic carboxylic acids is 1. The molecule has 1 amide bonds. The molecule has 0 radical (unpaired) electrons. The zero-order valence-corrected chi connectivity index (χ0v) is 12.9. The summed E-state index contributed by atoms with van der Waals surface area (Å²) in [4.78, 5) is 25.2. The molecule has 0 bridgehead atoms. The predicted octanol–water partition coefficient (Wildman–Crippen LogP) is 1.64. The highest BCUT2D eigenvalue weighted by molar-refractivity contribution is 6.01. The van der Waals surface area contributed by atoms with Crippen molar-refractivity contribution in [3.63, 3.8) is 0 Å². The second-order valence-electron chi connectivity index (χ2n) is 5.82. The number of carbonyl (C=O) groups excluding carboxylic acids is 1. The van der Waals surface area contributed by atoms with Gasteiger partial charge in [-0.05, 0) is 45.7 Å². The van der Waals surface area contributed by atoms with Crippen molar-refractivity contribution >= 4 is 11.9 Å². The number of carbonyl (C=O) groups is 2. The van der Waals surface area contributed by atoms with Gasteiger partial charge in [0, 0.05) is 23.7 Å². The van der Waals surface area contributed by atoms with Gasteiger partial charge in [-0.1, -0.05) is 13.8 Å². The molecule has 1 atom stereocenters. The van der Waals surface area contributed by atoms with Crippen LogP contribution in [0.3, 0.4) is 0 Å². The molecule has 5 heteroatoms. The summed E-state index contributed by atoms with van der Waals surface area (Å²) < 4.78 is 0. The Morgan fingerprint density at radius 3 is 2.15 bits per heavy atom. The van der Waals surface area contributed by atoms with Crippen LogP contribution in [-0.4, -0.2) is 47.6 Å². The van der Waals surface area contributed by atoms with Crippen LogP contribution in [0.5, 0.6) is 0 Å². The summed E-state index contributed by atoms with van der Waals surface area (Å²) in [5.74, 6) is -0.870. The fraction of sp³-hybridized carbons (Fsp3) is 0.733. The van der Waals surface area contributed by atoms with Crippen molar-refractivity contribution in [3.05, 3.63) is 11.1 Å². The Kier molecular flexibility index (Phi) is 6.20. The van der Waals surface area contributed by atoms with Crippen LogP contribution in [0.1, 0.15) is 40.5 Å². The fourth-order valence-electron chi connectivity index (χ4n) is 2.52. The van der Waals surface area contributed by atoms with E-state index < -0.39 is 5.97 Å². The molecule has 0 aromatic carbocycles. The van der Waals surface area contributed by atoms with E-state index in [1.165, 1.54) is 19.8 Å². The van der Waals surface area contributed by atoms with Crippen LogP contribution in [0.4, 0.5) is 0 Å². The molecule has 1 heterocycles. The number of carboxylic acid groups (broad SMARTS) is 1. The van der Waals surface area contributed by atoms with Gasteiger partial charge in [0.15, 0.2) is 0 Å². The van der Waals surface area contributed by atoms with Crippen molar-refractivity contribution in [2.75, 3.05) is 19.6 Å². The molecule has 20 heavy (non-hydrogen) atoms. The molecule has 0 aliphatic carbocycles. The molecule has 1 fully saturated rings. The van der Waals surface area contributed by atoms with Crippen molar-refractivity contribution in [1.29, 1.82) is 0 Å². The summed E-state index contributed by atoms with van der Waals surface area (Å²) in [5, 5.41) is 11.8. The van der Waals surface area contributed by atoms with Gasteiger partial charge in [-0.15, -0.1) is 0 Å². The first kappa shape index (κ1) is 16.7. The Labute approximate surface area is 121 Å². The molecule has 0 saturated carbocycles. The summed E-state index contributed by atoms with van der Waals surface area (Å²) in [7, 11) is 0. The first-order valence-corrected chi connectivity index (χ1v) is 7.27. The molecule has 2 N–H and O–H groups in total. The monoisotopic (exact) mass is 282 g/mol. The molecule has 1 aliphatic heterocycles. The number of nitrogens with one attached hydrogen (secondary N) is 1. The van der Waals surface area contributed by atoms with E-state index in [9.17, 15) is 9.59 Å². The molecule has 114 valence electrons. The van der Waals surface area contributed by atoms with Crippen LogP contribution < -0.4 is 5.32 Å². The SMILES string of the molecule is CC(C(=O)O)=C(C)C(=O)NCC(C(C)C)N1CCCC1. The lowest BCUT2D eigenvalue weighted by molar-refractivity contribution is -0.133. The van der Waals surface area contributed by atoms with Gasteiger partial charge in [0.1, 0.15) is 0 Å². The lowest BCUT2D eigenvalue weighted by Gasteiger charge is -2.31. The molecule has 5 nitrogen and oxygen atoms in total. The fourth-order valence-corrected chi connectivity index (χ4v) is 2.52. The quantitative estimate of drug-likeness (QED) is 0.727. The van der Waals surface area contributed by atoms with Gasteiger partial charge in [0.2, 0.25) is 5.91 Å². The minimum atomic E-state index is -1.04. The third-order valence-electron chi connectivity index (χ3n) is 4.07. The van der Waals surface area contributed by atoms with E-state index in [0.717, 1.165) is 13.1 Å². The number of nitrogens with zero attached hydrogens (tertiary/aromatic N) is 1. The number of hydrogen-bond donors (Lipinski definition) is 2. The predicted molar refractivity (Wildman–Crippen MR) is 78.5 cm³/mol. The third kappa shape index (κ3) is 4.34. The summed E-state index contributed by atoms with van der Waals surface area (Å²) in [6.07, 6.45) is 2.43. The molecule has 0 aromatic heterocycles. The van der Waals surface area contributed by atoms with E-state index in [1.54, 1.807) is 6.92 Å². The van der Waals surface area contributed by atoms with Crippen molar-refractivity contribution in [1.82, 2.24) is 10.2 Å². The zero-order valence-electron chi connectivity index (χ0n) is 12.9. The standard InChI is InChI=1S/C15H26N2O3/c1-10(2)13(17-7-5-6-8-17)9-16-14(18)11(3)12(4)15(19)20/h10,13H,5-9H2,1-4H3,(H,16,18)(H,19,20). The molecule has 1 aliphatic rings. The Balaban J connectivity index is 2.61. The largest absolute Gasteiger partial charge is 0.478 e. The van der Waals surface area contributed by atoms with Crippen LogP contribution >= 0.6 is 0 Å². The van der Waals surface area contributed by atoms with Crippen LogP contribution in [0, 0.1) is 5.92 Å². The molecule has 1 unspecified atom stereocenters. The number of amides is 1. The third-order valence-corrected chi connectivity index (χ3v) is 4.07. The number of rotatable bonds is 6. The number of hydrogen-bond acceptors (Lipinski definition) is 3. The summed E-state index contributed by atoms with van der Waals surface area (Å²) in [6, 6.07) is 0.319. The minimum absolute atomic E-state index is 0.102. The maximum absolute atomic E-state index is 12.0. The normalized spacial score (nSPS) is 18.9. The Morgan fingerprint density at radius 1 is 1.15 bits per heavy atom. The van der Waals surface area contributed by atoms with E-state index in [0.29, 0.717) is 18.5 Å². The molecule has 1 rings (SSSR count). The van der Waals surface area contributed by atoms with Gasteiger partial charge in [-0.3, -0.25) is 9.69 Å². The second-order valence-corrected chi connectivity index (χ2v) is 5.82. The van der Waals surface area contributed by atoms with Gasteiger partial charge in [0.25, 0.3) is 0 Å². The highest BCUT2D eigenvalue weighted by Crippen LogP contribution is 2.17. The summed E-state index contributed by atoms with van der Waals surface area (Å²) >= 11 is 0.